The minimum atomic E-state index is 0.344. The summed E-state index contributed by atoms with van der Waals surface area (Å²) in [6, 6.07) is 7.51. The number of nitrogens with zero attached hydrogens (tertiary/aromatic N) is 3. The Hall–Kier alpha value is -1.06. The quantitative estimate of drug-likeness (QED) is 0.841. The lowest BCUT2D eigenvalue weighted by atomic mass is 10.3. The van der Waals surface area contributed by atoms with Crippen LogP contribution in [0.25, 0.3) is 5.69 Å². The molecular formula is C11H11Cl2N3. The van der Waals surface area contributed by atoms with Gasteiger partial charge in [-0.1, -0.05) is 30.7 Å². The van der Waals surface area contributed by atoms with Crippen molar-refractivity contribution in [2.45, 2.75) is 19.8 Å². The molecule has 5 heteroatoms. The molecule has 84 valence electrons. The molecule has 0 spiro atoms. The van der Waals surface area contributed by atoms with E-state index in [2.05, 4.69) is 17.1 Å². The number of hydrogen-bond donors (Lipinski definition) is 0. The van der Waals surface area contributed by atoms with Crippen LogP contribution in [0.5, 0.6) is 0 Å². The van der Waals surface area contributed by atoms with Crippen LogP contribution in [0.4, 0.5) is 0 Å². The molecule has 0 fully saturated rings. The molecule has 1 aromatic carbocycles. The largest absolute Gasteiger partial charge is 0.268 e. The van der Waals surface area contributed by atoms with Gasteiger partial charge < -0.3 is 0 Å². The van der Waals surface area contributed by atoms with Crippen LogP contribution in [0, 0.1) is 0 Å². The first-order valence-corrected chi connectivity index (χ1v) is 5.84. The third-order valence-electron chi connectivity index (χ3n) is 2.26. The minimum absolute atomic E-state index is 0.344. The molecule has 0 saturated carbocycles. The van der Waals surface area contributed by atoms with Crippen LogP contribution in [0.2, 0.25) is 10.3 Å². The van der Waals surface area contributed by atoms with E-state index in [9.17, 15) is 0 Å². The molecule has 0 unspecified atom stereocenters. The SMILES string of the molecule is CCCc1nnc(Cl)n1-c1ccccc1Cl. The van der Waals surface area contributed by atoms with E-state index >= 15 is 0 Å². The summed E-state index contributed by atoms with van der Waals surface area (Å²) < 4.78 is 1.79. The van der Waals surface area contributed by atoms with E-state index in [-0.39, 0.29) is 0 Å². The summed E-state index contributed by atoms with van der Waals surface area (Å²) in [5.74, 6) is 0.834. The highest BCUT2D eigenvalue weighted by atomic mass is 35.5. The molecule has 3 nitrogen and oxygen atoms in total. The molecule has 0 saturated heterocycles. The molecular weight excluding hydrogens is 245 g/mol. The van der Waals surface area contributed by atoms with Gasteiger partial charge in [0.1, 0.15) is 5.82 Å². The van der Waals surface area contributed by atoms with Crippen LogP contribution in [-0.4, -0.2) is 14.8 Å². The molecule has 0 radical (unpaired) electrons. The number of aromatic nitrogens is 3. The lowest BCUT2D eigenvalue weighted by molar-refractivity contribution is 0.803. The molecule has 0 aliphatic rings. The third kappa shape index (κ3) is 2.06. The highest BCUT2D eigenvalue weighted by Gasteiger charge is 2.13. The van der Waals surface area contributed by atoms with Crippen LogP contribution in [0.3, 0.4) is 0 Å². The fraction of sp³-hybridized carbons (Fsp3) is 0.273. The average Bonchev–Trinajstić information content (AvgIpc) is 2.62. The maximum absolute atomic E-state index is 6.12. The second-order valence-corrected chi connectivity index (χ2v) is 4.17. The molecule has 0 amide bonds. The number of para-hydroxylation sites is 1. The van der Waals surface area contributed by atoms with Gasteiger partial charge in [0.25, 0.3) is 0 Å². The number of rotatable bonds is 3. The topological polar surface area (TPSA) is 30.7 Å². The zero-order valence-electron chi connectivity index (χ0n) is 8.82. The van der Waals surface area contributed by atoms with Gasteiger partial charge in [0.15, 0.2) is 0 Å². The summed E-state index contributed by atoms with van der Waals surface area (Å²) in [6.45, 7) is 2.08. The summed E-state index contributed by atoms with van der Waals surface area (Å²) in [7, 11) is 0. The standard InChI is InChI=1S/C11H11Cl2N3/c1-2-5-10-14-15-11(13)16(10)9-7-4-3-6-8(9)12/h3-4,6-7H,2,5H2,1H3. The van der Waals surface area contributed by atoms with Gasteiger partial charge in [0, 0.05) is 6.42 Å². The Kier molecular flexibility index (Phi) is 3.46. The van der Waals surface area contributed by atoms with Crippen LogP contribution < -0.4 is 0 Å². The first-order chi connectivity index (χ1) is 7.74. The fourth-order valence-corrected chi connectivity index (χ4v) is 2.00. The lowest BCUT2D eigenvalue weighted by Crippen LogP contribution is -2.01. The van der Waals surface area contributed by atoms with Gasteiger partial charge in [-0.15, -0.1) is 10.2 Å². The second-order valence-electron chi connectivity index (χ2n) is 3.42. The Morgan fingerprint density at radius 2 is 1.94 bits per heavy atom. The van der Waals surface area contributed by atoms with E-state index in [1.807, 2.05) is 24.3 Å². The number of hydrogen-bond acceptors (Lipinski definition) is 2. The normalized spacial score (nSPS) is 10.7. The number of aryl methyl sites for hydroxylation is 1. The van der Waals surface area contributed by atoms with Crippen molar-refractivity contribution in [2.75, 3.05) is 0 Å². The summed E-state index contributed by atoms with van der Waals surface area (Å²) in [5.41, 5.74) is 0.822. The van der Waals surface area contributed by atoms with Gasteiger partial charge >= 0.3 is 0 Å². The molecule has 0 aliphatic heterocycles. The maximum atomic E-state index is 6.12. The van der Waals surface area contributed by atoms with E-state index in [4.69, 9.17) is 23.2 Å². The molecule has 0 atom stereocenters. The van der Waals surface area contributed by atoms with Gasteiger partial charge in [-0.05, 0) is 30.2 Å². The van der Waals surface area contributed by atoms with E-state index < -0.39 is 0 Å². The van der Waals surface area contributed by atoms with Gasteiger partial charge in [-0.3, -0.25) is 4.57 Å². The van der Waals surface area contributed by atoms with Crippen LogP contribution in [0.15, 0.2) is 24.3 Å². The molecule has 0 N–H and O–H groups in total. The second kappa shape index (κ2) is 4.85. The molecule has 16 heavy (non-hydrogen) atoms. The summed E-state index contributed by atoms with van der Waals surface area (Å²) >= 11 is 12.1. The zero-order chi connectivity index (χ0) is 11.5. The lowest BCUT2D eigenvalue weighted by Gasteiger charge is -2.08. The smallest absolute Gasteiger partial charge is 0.229 e. The predicted molar refractivity (Wildman–Crippen MR) is 65.4 cm³/mol. The highest BCUT2D eigenvalue weighted by molar-refractivity contribution is 6.33. The van der Waals surface area contributed by atoms with Gasteiger partial charge in [-0.25, -0.2) is 0 Å². The fourth-order valence-electron chi connectivity index (χ4n) is 1.55. The Morgan fingerprint density at radius 1 is 1.19 bits per heavy atom. The molecule has 1 heterocycles. The van der Waals surface area contributed by atoms with Crippen LogP contribution >= 0.6 is 23.2 Å². The van der Waals surface area contributed by atoms with Gasteiger partial charge in [0.05, 0.1) is 10.7 Å². The Bertz CT molecular complexity index is 494. The minimum Gasteiger partial charge on any atom is -0.268 e. The molecule has 2 rings (SSSR count). The van der Waals surface area contributed by atoms with Crippen LogP contribution in [0.1, 0.15) is 19.2 Å². The van der Waals surface area contributed by atoms with Crippen molar-refractivity contribution in [3.05, 3.63) is 40.4 Å². The van der Waals surface area contributed by atoms with Crippen molar-refractivity contribution in [2.24, 2.45) is 0 Å². The molecule has 0 aliphatic carbocycles. The number of halogens is 2. The Labute approximate surface area is 104 Å². The van der Waals surface area contributed by atoms with Crippen molar-refractivity contribution in [1.29, 1.82) is 0 Å². The average molecular weight is 256 g/mol. The van der Waals surface area contributed by atoms with Crippen molar-refractivity contribution in [1.82, 2.24) is 14.8 Å². The monoisotopic (exact) mass is 255 g/mol. The summed E-state index contributed by atoms with van der Waals surface area (Å²) in [6.07, 6.45) is 1.81. The Balaban J connectivity index is 2.54. The van der Waals surface area contributed by atoms with E-state index in [1.54, 1.807) is 4.57 Å². The summed E-state index contributed by atoms with van der Waals surface area (Å²) in [4.78, 5) is 0. The van der Waals surface area contributed by atoms with E-state index in [0.717, 1.165) is 24.4 Å². The van der Waals surface area contributed by atoms with Crippen LogP contribution in [-0.2, 0) is 6.42 Å². The molecule has 1 aromatic heterocycles. The summed E-state index contributed by atoms with van der Waals surface area (Å²) in [5, 5.41) is 8.90. The van der Waals surface area contributed by atoms with Crippen molar-refractivity contribution < 1.29 is 0 Å². The maximum Gasteiger partial charge on any atom is 0.229 e. The van der Waals surface area contributed by atoms with E-state index in [1.165, 1.54) is 0 Å². The third-order valence-corrected chi connectivity index (χ3v) is 2.82. The van der Waals surface area contributed by atoms with Gasteiger partial charge in [0.2, 0.25) is 5.28 Å². The van der Waals surface area contributed by atoms with Crippen molar-refractivity contribution >= 4 is 23.2 Å². The van der Waals surface area contributed by atoms with Crippen molar-refractivity contribution in [3.63, 3.8) is 0 Å². The number of benzene rings is 1. The highest BCUT2D eigenvalue weighted by Crippen LogP contribution is 2.24. The van der Waals surface area contributed by atoms with Gasteiger partial charge in [-0.2, -0.15) is 0 Å². The zero-order valence-corrected chi connectivity index (χ0v) is 10.3. The first kappa shape index (κ1) is 11.4. The molecule has 0 bridgehead atoms. The predicted octanol–water partition coefficient (Wildman–Crippen LogP) is 3.53. The van der Waals surface area contributed by atoms with E-state index in [0.29, 0.717) is 10.3 Å². The first-order valence-electron chi connectivity index (χ1n) is 5.08. The van der Waals surface area contributed by atoms with Crippen molar-refractivity contribution in [3.8, 4) is 5.69 Å². The molecule has 2 aromatic rings. The Morgan fingerprint density at radius 3 is 2.62 bits per heavy atom.